The first-order valence-electron chi connectivity index (χ1n) is 14.4. The number of hydrogen-bond acceptors (Lipinski definition) is 4. The molecule has 200 valence electrons. The van der Waals surface area contributed by atoms with Gasteiger partial charge >= 0.3 is 11.9 Å². The van der Waals surface area contributed by atoms with Crippen LogP contribution in [0.5, 0.6) is 0 Å². The van der Waals surface area contributed by atoms with Crippen LogP contribution < -0.4 is 0 Å². The van der Waals surface area contributed by atoms with E-state index in [2.05, 4.69) is 33.8 Å². The van der Waals surface area contributed by atoms with Crippen LogP contribution in [0, 0.1) is 11.8 Å². The van der Waals surface area contributed by atoms with E-state index < -0.39 is 0 Å². The van der Waals surface area contributed by atoms with Crippen molar-refractivity contribution in [2.75, 3.05) is 13.2 Å². The average Bonchev–Trinajstić information content (AvgIpc) is 2.77. The monoisotopic (exact) mass is 480 g/mol. The third kappa shape index (κ3) is 26.9. The first kappa shape index (κ1) is 32.7. The van der Waals surface area contributed by atoms with Crippen molar-refractivity contribution in [1.82, 2.24) is 0 Å². The van der Waals surface area contributed by atoms with E-state index in [1.807, 2.05) is 6.08 Å². The molecule has 4 heteroatoms. The third-order valence-electron chi connectivity index (χ3n) is 6.12. The zero-order valence-corrected chi connectivity index (χ0v) is 23.1. The van der Waals surface area contributed by atoms with Gasteiger partial charge in [0, 0.05) is 6.42 Å². The van der Waals surface area contributed by atoms with Crippen LogP contribution >= 0.6 is 0 Å². The van der Waals surface area contributed by atoms with E-state index in [1.165, 1.54) is 70.6 Å². The zero-order chi connectivity index (χ0) is 25.3. The summed E-state index contributed by atoms with van der Waals surface area (Å²) >= 11 is 0. The number of ether oxygens (including phenoxy) is 2. The van der Waals surface area contributed by atoms with Crippen LogP contribution in [0.25, 0.3) is 0 Å². The van der Waals surface area contributed by atoms with Crippen LogP contribution in [-0.2, 0) is 19.1 Å². The summed E-state index contributed by atoms with van der Waals surface area (Å²) < 4.78 is 10.4. The Morgan fingerprint density at radius 3 is 1.44 bits per heavy atom. The Morgan fingerprint density at radius 2 is 0.971 bits per heavy atom. The second kappa shape index (κ2) is 24.8. The molecule has 0 spiro atoms. The van der Waals surface area contributed by atoms with Crippen LogP contribution in [0.15, 0.2) is 12.2 Å². The third-order valence-corrected chi connectivity index (χ3v) is 6.12. The summed E-state index contributed by atoms with van der Waals surface area (Å²) in [6, 6.07) is 0. The van der Waals surface area contributed by atoms with Crippen LogP contribution in [0.1, 0.15) is 143 Å². The molecule has 0 aliphatic heterocycles. The topological polar surface area (TPSA) is 52.6 Å². The molecule has 0 unspecified atom stereocenters. The summed E-state index contributed by atoms with van der Waals surface area (Å²) in [5.41, 5.74) is 0. The number of hydrogen-bond donors (Lipinski definition) is 0. The van der Waals surface area contributed by atoms with Gasteiger partial charge in [0.1, 0.15) is 0 Å². The van der Waals surface area contributed by atoms with Crippen LogP contribution in [0.4, 0.5) is 0 Å². The lowest BCUT2D eigenvalue weighted by Crippen LogP contribution is -2.07. The maximum Gasteiger partial charge on any atom is 0.309 e. The lowest BCUT2D eigenvalue weighted by molar-refractivity contribution is -0.144. The van der Waals surface area contributed by atoms with Crippen LogP contribution in [0.3, 0.4) is 0 Å². The molecule has 0 aliphatic carbocycles. The Morgan fingerprint density at radius 1 is 0.559 bits per heavy atom. The van der Waals surface area contributed by atoms with Crippen molar-refractivity contribution in [3.63, 3.8) is 0 Å². The number of rotatable bonds is 24. The van der Waals surface area contributed by atoms with E-state index in [0.29, 0.717) is 37.9 Å². The predicted octanol–water partition coefficient (Wildman–Crippen LogP) is 8.96. The summed E-state index contributed by atoms with van der Waals surface area (Å²) in [5.74, 6) is 1.04. The first-order chi connectivity index (χ1) is 16.4. The van der Waals surface area contributed by atoms with Crippen LogP contribution in [-0.4, -0.2) is 25.2 Å². The van der Waals surface area contributed by atoms with Gasteiger partial charge in [-0.1, -0.05) is 110 Å². The zero-order valence-electron chi connectivity index (χ0n) is 23.1. The highest BCUT2D eigenvalue weighted by atomic mass is 16.5. The summed E-state index contributed by atoms with van der Waals surface area (Å²) in [6.45, 7) is 9.69. The molecule has 0 rings (SSSR count). The molecule has 0 fully saturated rings. The highest BCUT2D eigenvalue weighted by Crippen LogP contribution is 2.14. The van der Waals surface area contributed by atoms with Crippen molar-refractivity contribution in [3.05, 3.63) is 12.2 Å². The average molecular weight is 481 g/mol. The molecule has 0 aromatic carbocycles. The Hall–Kier alpha value is -1.32. The Bertz CT molecular complexity index is 496. The molecule has 0 bridgehead atoms. The van der Waals surface area contributed by atoms with Gasteiger partial charge in [-0.2, -0.15) is 0 Å². The van der Waals surface area contributed by atoms with Crippen molar-refractivity contribution in [2.24, 2.45) is 11.8 Å². The molecule has 0 aliphatic rings. The molecule has 4 nitrogen and oxygen atoms in total. The molecule has 0 saturated heterocycles. The van der Waals surface area contributed by atoms with Gasteiger partial charge in [-0.05, 0) is 43.9 Å². The number of allylic oxidation sites excluding steroid dienone is 1. The van der Waals surface area contributed by atoms with E-state index in [1.54, 1.807) is 0 Å². The van der Waals surface area contributed by atoms with Gasteiger partial charge in [0.25, 0.3) is 0 Å². The second-order valence-corrected chi connectivity index (χ2v) is 10.6. The molecule has 0 aromatic heterocycles. The first-order valence-corrected chi connectivity index (χ1v) is 14.4. The van der Waals surface area contributed by atoms with E-state index in [-0.39, 0.29) is 11.9 Å². The van der Waals surface area contributed by atoms with E-state index in [0.717, 1.165) is 32.1 Å². The quantitative estimate of drug-likeness (QED) is 0.0785. The summed E-state index contributed by atoms with van der Waals surface area (Å²) in [5, 5.41) is 0. The maximum absolute atomic E-state index is 11.6. The summed E-state index contributed by atoms with van der Waals surface area (Å²) in [4.78, 5) is 23.2. The van der Waals surface area contributed by atoms with Gasteiger partial charge in [-0.3, -0.25) is 9.59 Å². The molecule has 34 heavy (non-hydrogen) atoms. The fourth-order valence-electron chi connectivity index (χ4n) is 3.72. The van der Waals surface area contributed by atoms with E-state index in [4.69, 9.17) is 9.47 Å². The SMILES string of the molecule is CC(C)CCOC(=O)C/C=C/CCCCCCCCCCCCCCCC(=O)OCCC(C)C. The Labute approximate surface area is 211 Å². The van der Waals surface area contributed by atoms with Crippen LogP contribution in [0.2, 0.25) is 0 Å². The second-order valence-electron chi connectivity index (χ2n) is 10.6. The lowest BCUT2D eigenvalue weighted by atomic mass is 10.0. The fraction of sp³-hybridized carbons (Fsp3) is 0.867. The number of esters is 2. The molecule has 0 aromatic rings. The molecule has 0 radical (unpaired) electrons. The number of carbonyl (C=O) groups excluding carboxylic acids is 2. The van der Waals surface area contributed by atoms with Crippen molar-refractivity contribution >= 4 is 11.9 Å². The van der Waals surface area contributed by atoms with Gasteiger partial charge in [0.15, 0.2) is 0 Å². The summed E-state index contributed by atoms with van der Waals surface area (Å²) in [7, 11) is 0. The van der Waals surface area contributed by atoms with Gasteiger partial charge in [0.2, 0.25) is 0 Å². The highest BCUT2D eigenvalue weighted by molar-refractivity contribution is 5.71. The number of carbonyl (C=O) groups is 2. The molecular weight excluding hydrogens is 424 g/mol. The standard InChI is InChI=1S/C30H56O4/c1-27(2)23-25-33-29(31)21-19-17-15-13-11-9-7-5-6-8-10-12-14-16-18-20-22-30(32)34-26-24-28(3)4/h17,19,27-28H,5-16,18,20-26H2,1-4H3/b19-17+. The van der Waals surface area contributed by atoms with Crippen molar-refractivity contribution < 1.29 is 19.1 Å². The summed E-state index contributed by atoms with van der Waals surface area (Å²) in [6.07, 6.45) is 24.6. The molecule has 0 saturated carbocycles. The molecule has 0 heterocycles. The molecule has 0 N–H and O–H groups in total. The Balaban J connectivity index is 3.24. The molecular formula is C30H56O4. The number of unbranched alkanes of at least 4 members (excludes halogenated alkanes) is 13. The molecule has 0 atom stereocenters. The van der Waals surface area contributed by atoms with Gasteiger partial charge in [0.05, 0.1) is 19.6 Å². The maximum atomic E-state index is 11.6. The minimum absolute atomic E-state index is 0.0217. The van der Waals surface area contributed by atoms with Crippen molar-refractivity contribution in [2.45, 2.75) is 143 Å². The lowest BCUT2D eigenvalue weighted by Gasteiger charge is -2.06. The molecule has 0 amide bonds. The van der Waals surface area contributed by atoms with Crippen molar-refractivity contribution in [1.29, 1.82) is 0 Å². The predicted molar refractivity (Wildman–Crippen MR) is 144 cm³/mol. The van der Waals surface area contributed by atoms with Gasteiger partial charge < -0.3 is 9.47 Å². The van der Waals surface area contributed by atoms with Crippen molar-refractivity contribution in [3.8, 4) is 0 Å². The van der Waals surface area contributed by atoms with E-state index in [9.17, 15) is 9.59 Å². The van der Waals surface area contributed by atoms with Gasteiger partial charge in [-0.25, -0.2) is 0 Å². The minimum atomic E-state index is -0.105. The minimum Gasteiger partial charge on any atom is -0.466 e. The van der Waals surface area contributed by atoms with Gasteiger partial charge in [-0.15, -0.1) is 0 Å². The normalized spacial score (nSPS) is 11.6. The highest BCUT2D eigenvalue weighted by Gasteiger charge is 2.03. The smallest absolute Gasteiger partial charge is 0.309 e. The van der Waals surface area contributed by atoms with E-state index >= 15 is 0 Å². The Kier molecular flexibility index (Phi) is 23.8. The largest absolute Gasteiger partial charge is 0.466 e. The fourth-order valence-corrected chi connectivity index (χ4v) is 3.72.